The van der Waals surface area contributed by atoms with Crippen LogP contribution in [0.1, 0.15) is 19.8 Å². The molecule has 0 spiro atoms. The molecule has 0 aliphatic carbocycles. The Morgan fingerprint density at radius 3 is 2.70 bits per heavy atom. The Kier molecular flexibility index (Phi) is 5.87. The second-order valence-electron chi connectivity index (χ2n) is 5.85. The van der Waals surface area contributed by atoms with Crippen LogP contribution in [0, 0.1) is 0 Å². The lowest BCUT2D eigenvalue weighted by Gasteiger charge is -2.36. The molecule has 7 heteroatoms. The van der Waals surface area contributed by atoms with E-state index in [4.69, 9.17) is 0 Å². The maximum Gasteiger partial charge on any atom is 0.405 e. The van der Waals surface area contributed by atoms with Crippen molar-refractivity contribution in [3.8, 4) is 0 Å². The average molecular weight is 329 g/mol. The summed E-state index contributed by atoms with van der Waals surface area (Å²) < 4.78 is 36.6. The van der Waals surface area contributed by atoms with Crippen LogP contribution in [0.5, 0.6) is 0 Å². The number of likely N-dealkylation sites (tertiary alicyclic amines) is 1. The SMILES string of the molecule is CC(C(=O)NCC(F)(F)F)N1CCCC(Nc2ccccc2)C1. The third-order valence-corrected chi connectivity index (χ3v) is 3.99. The molecule has 0 aromatic heterocycles. The molecule has 1 saturated heterocycles. The average Bonchev–Trinajstić information content (AvgIpc) is 2.52. The summed E-state index contributed by atoms with van der Waals surface area (Å²) in [4.78, 5) is 13.8. The highest BCUT2D eigenvalue weighted by Crippen LogP contribution is 2.18. The summed E-state index contributed by atoms with van der Waals surface area (Å²) in [6.07, 6.45) is -2.50. The molecular weight excluding hydrogens is 307 g/mol. The number of para-hydroxylation sites is 1. The number of alkyl halides is 3. The van der Waals surface area contributed by atoms with Gasteiger partial charge in [-0.3, -0.25) is 9.69 Å². The molecule has 1 aromatic carbocycles. The molecule has 2 N–H and O–H groups in total. The molecule has 1 fully saturated rings. The Morgan fingerprint density at radius 1 is 1.35 bits per heavy atom. The standard InChI is InChI=1S/C16H22F3N3O/c1-12(15(23)20-11-16(17,18)19)22-9-5-8-14(10-22)21-13-6-3-2-4-7-13/h2-4,6-7,12,14,21H,5,8-11H2,1H3,(H,20,23). The van der Waals surface area contributed by atoms with Crippen LogP contribution in [0.25, 0.3) is 0 Å². The summed E-state index contributed by atoms with van der Waals surface area (Å²) in [6.45, 7) is 1.72. The van der Waals surface area contributed by atoms with Gasteiger partial charge in [-0.1, -0.05) is 18.2 Å². The van der Waals surface area contributed by atoms with Crippen LogP contribution in [0.4, 0.5) is 18.9 Å². The molecule has 1 heterocycles. The van der Waals surface area contributed by atoms with E-state index in [-0.39, 0.29) is 6.04 Å². The van der Waals surface area contributed by atoms with E-state index < -0.39 is 24.7 Å². The zero-order valence-electron chi connectivity index (χ0n) is 13.1. The van der Waals surface area contributed by atoms with Crippen molar-refractivity contribution in [3.05, 3.63) is 30.3 Å². The van der Waals surface area contributed by atoms with E-state index in [0.717, 1.165) is 18.5 Å². The summed E-state index contributed by atoms with van der Waals surface area (Å²) in [5.41, 5.74) is 1.01. The summed E-state index contributed by atoms with van der Waals surface area (Å²) in [6, 6.07) is 9.37. The molecule has 1 aliphatic rings. The zero-order chi connectivity index (χ0) is 16.9. The van der Waals surface area contributed by atoms with Gasteiger partial charge in [0.25, 0.3) is 0 Å². The third-order valence-electron chi connectivity index (χ3n) is 3.99. The number of hydrogen-bond donors (Lipinski definition) is 2. The quantitative estimate of drug-likeness (QED) is 0.873. The number of carbonyl (C=O) groups excluding carboxylic acids is 1. The lowest BCUT2D eigenvalue weighted by atomic mass is 10.0. The highest BCUT2D eigenvalue weighted by molar-refractivity contribution is 5.81. The molecule has 2 rings (SSSR count). The van der Waals surface area contributed by atoms with E-state index in [0.29, 0.717) is 13.1 Å². The van der Waals surface area contributed by atoms with Crippen LogP contribution in [-0.2, 0) is 4.79 Å². The predicted octanol–water partition coefficient (Wildman–Crippen LogP) is 2.63. The van der Waals surface area contributed by atoms with E-state index in [9.17, 15) is 18.0 Å². The topological polar surface area (TPSA) is 44.4 Å². The number of nitrogens with zero attached hydrogens (tertiary/aromatic N) is 1. The summed E-state index contributed by atoms with van der Waals surface area (Å²) in [5, 5.41) is 5.37. The van der Waals surface area contributed by atoms with Crippen LogP contribution >= 0.6 is 0 Å². The van der Waals surface area contributed by atoms with E-state index in [1.54, 1.807) is 6.92 Å². The minimum atomic E-state index is -4.38. The monoisotopic (exact) mass is 329 g/mol. The van der Waals surface area contributed by atoms with Gasteiger partial charge in [-0.05, 0) is 38.4 Å². The third kappa shape index (κ3) is 5.74. The molecule has 2 unspecified atom stereocenters. The van der Waals surface area contributed by atoms with Crippen molar-refractivity contribution in [3.63, 3.8) is 0 Å². The van der Waals surface area contributed by atoms with Gasteiger partial charge in [0.15, 0.2) is 0 Å². The Hall–Kier alpha value is -1.76. The first-order valence-electron chi connectivity index (χ1n) is 7.75. The first-order chi connectivity index (χ1) is 10.8. The Morgan fingerprint density at radius 2 is 2.04 bits per heavy atom. The van der Waals surface area contributed by atoms with Crippen molar-refractivity contribution in [2.24, 2.45) is 0 Å². The fraction of sp³-hybridized carbons (Fsp3) is 0.562. The number of nitrogens with one attached hydrogen (secondary N) is 2. The van der Waals surface area contributed by atoms with Gasteiger partial charge in [0.05, 0.1) is 6.04 Å². The van der Waals surface area contributed by atoms with Crippen molar-refractivity contribution in [1.29, 1.82) is 0 Å². The van der Waals surface area contributed by atoms with Gasteiger partial charge in [0, 0.05) is 18.3 Å². The van der Waals surface area contributed by atoms with Crippen LogP contribution in [0.15, 0.2) is 30.3 Å². The van der Waals surface area contributed by atoms with E-state index in [1.165, 1.54) is 0 Å². The van der Waals surface area contributed by atoms with Crippen LogP contribution in [0.2, 0.25) is 0 Å². The van der Waals surface area contributed by atoms with Gasteiger partial charge in [-0.25, -0.2) is 0 Å². The van der Waals surface area contributed by atoms with E-state index in [1.807, 2.05) is 40.5 Å². The van der Waals surface area contributed by atoms with Crippen molar-refractivity contribution in [1.82, 2.24) is 10.2 Å². The first-order valence-corrected chi connectivity index (χ1v) is 7.75. The second kappa shape index (κ2) is 7.68. The minimum absolute atomic E-state index is 0.184. The normalized spacial score (nSPS) is 20.8. The van der Waals surface area contributed by atoms with Crippen LogP contribution < -0.4 is 10.6 Å². The van der Waals surface area contributed by atoms with E-state index >= 15 is 0 Å². The Bertz CT molecular complexity index is 507. The molecular formula is C16H22F3N3O. The Balaban J connectivity index is 1.86. The molecule has 4 nitrogen and oxygen atoms in total. The number of piperidine rings is 1. The van der Waals surface area contributed by atoms with Crippen molar-refractivity contribution >= 4 is 11.6 Å². The molecule has 1 aromatic rings. The van der Waals surface area contributed by atoms with Crippen molar-refractivity contribution < 1.29 is 18.0 Å². The fourth-order valence-electron chi connectivity index (χ4n) is 2.75. The number of rotatable bonds is 5. The lowest BCUT2D eigenvalue weighted by molar-refractivity contribution is -0.141. The molecule has 128 valence electrons. The zero-order valence-corrected chi connectivity index (χ0v) is 13.1. The van der Waals surface area contributed by atoms with Crippen LogP contribution in [0.3, 0.4) is 0 Å². The summed E-state index contributed by atoms with van der Waals surface area (Å²) >= 11 is 0. The molecule has 2 atom stereocenters. The maximum absolute atomic E-state index is 12.2. The minimum Gasteiger partial charge on any atom is -0.381 e. The van der Waals surface area contributed by atoms with Crippen molar-refractivity contribution in [2.45, 2.75) is 38.0 Å². The van der Waals surface area contributed by atoms with Gasteiger partial charge >= 0.3 is 6.18 Å². The number of carbonyl (C=O) groups is 1. The molecule has 23 heavy (non-hydrogen) atoms. The summed E-state index contributed by atoms with van der Waals surface area (Å²) in [7, 11) is 0. The number of halogens is 3. The molecule has 0 saturated carbocycles. The molecule has 1 aliphatic heterocycles. The number of hydrogen-bond acceptors (Lipinski definition) is 3. The van der Waals surface area contributed by atoms with E-state index in [2.05, 4.69) is 5.32 Å². The van der Waals surface area contributed by atoms with Crippen LogP contribution in [-0.4, -0.2) is 48.7 Å². The maximum atomic E-state index is 12.2. The highest BCUT2D eigenvalue weighted by atomic mass is 19.4. The second-order valence-corrected chi connectivity index (χ2v) is 5.85. The lowest BCUT2D eigenvalue weighted by Crippen LogP contribution is -2.52. The summed E-state index contributed by atoms with van der Waals surface area (Å²) in [5.74, 6) is -0.581. The number of anilines is 1. The highest BCUT2D eigenvalue weighted by Gasteiger charge is 2.31. The molecule has 0 radical (unpaired) electrons. The fourth-order valence-corrected chi connectivity index (χ4v) is 2.75. The smallest absolute Gasteiger partial charge is 0.381 e. The van der Waals surface area contributed by atoms with Gasteiger partial charge in [0.2, 0.25) is 5.91 Å². The predicted molar refractivity (Wildman–Crippen MR) is 83.2 cm³/mol. The Labute approximate surface area is 134 Å². The van der Waals surface area contributed by atoms with Gasteiger partial charge in [-0.15, -0.1) is 0 Å². The van der Waals surface area contributed by atoms with Crippen molar-refractivity contribution in [2.75, 3.05) is 25.0 Å². The number of benzene rings is 1. The largest absolute Gasteiger partial charge is 0.405 e. The van der Waals surface area contributed by atoms with Gasteiger partial charge in [-0.2, -0.15) is 13.2 Å². The number of amides is 1. The molecule has 1 amide bonds. The molecule has 0 bridgehead atoms. The van der Waals surface area contributed by atoms with Gasteiger partial charge < -0.3 is 10.6 Å². The van der Waals surface area contributed by atoms with Gasteiger partial charge in [0.1, 0.15) is 6.54 Å². The first kappa shape index (κ1) is 17.6.